The van der Waals surface area contributed by atoms with E-state index in [4.69, 9.17) is 9.47 Å². The third kappa shape index (κ3) is 10.6. The summed E-state index contributed by atoms with van der Waals surface area (Å²) in [7, 11) is 0. The molecule has 1 unspecified atom stereocenters. The van der Waals surface area contributed by atoms with Crippen LogP contribution in [0.25, 0.3) is 0 Å². The molecule has 0 saturated heterocycles. The van der Waals surface area contributed by atoms with Gasteiger partial charge in [-0.3, -0.25) is 4.79 Å². The van der Waals surface area contributed by atoms with Gasteiger partial charge in [-0.1, -0.05) is 76.5 Å². The summed E-state index contributed by atoms with van der Waals surface area (Å²) < 4.78 is 10.2. The van der Waals surface area contributed by atoms with E-state index in [1.807, 2.05) is 6.07 Å². The minimum absolute atomic E-state index is 0.309. The number of esters is 2. The highest BCUT2D eigenvalue weighted by molar-refractivity contribution is 5.89. The lowest BCUT2D eigenvalue weighted by Crippen LogP contribution is -2.21. The SMILES string of the molecule is CCCCCCCCCCCC(=O)OC(C)OC(=O)c1ccccc1. The predicted octanol–water partition coefficient (Wildman–Crippen LogP) is 5.65. The first-order valence-corrected chi connectivity index (χ1v) is 9.59. The van der Waals surface area contributed by atoms with Crippen LogP contribution in [0.5, 0.6) is 0 Å². The van der Waals surface area contributed by atoms with Gasteiger partial charge in [0.05, 0.1) is 5.56 Å². The van der Waals surface area contributed by atoms with Gasteiger partial charge in [-0.05, 0) is 18.6 Å². The molecule has 0 bridgehead atoms. The third-order valence-electron chi connectivity index (χ3n) is 4.06. The second kappa shape index (κ2) is 13.5. The van der Waals surface area contributed by atoms with Gasteiger partial charge in [-0.25, -0.2) is 4.79 Å². The van der Waals surface area contributed by atoms with Crippen molar-refractivity contribution >= 4 is 11.9 Å². The Hall–Kier alpha value is -1.84. The zero-order valence-electron chi connectivity index (χ0n) is 15.7. The first-order valence-electron chi connectivity index (χ1n) is 9.59. The van der Waals surface area contributed by atoms with Crippen LogP contribution >= 0.6 is 0 Å². The van der Waals surface area contributed by atoms with Crippen molar-refractivity contribution in [3.8, 4) is 0 Å². The Kier molecular flexibility index (Phi) is 11.4. The highest BCUT2D eigenvalue weighted by atomic mass is 16.7. The number of carbonyl (C=O) groups excluding carboxylic acids is 2. The van der Waals surface area contributed by atoms with Crippen molar-refractivity contribution < 1.29 is 19.1 Å². The molecule has 0 radical (unpaired) electrons. The second-order valence-electron chi connectivity index (χ2n) is 6.41. The first-order chi connectivity index (χ1) is 12.1. The molecule has 0 heterocycles. The molecule has 0 aromatic heterocycles. The highest BCUT2D eigenvalue weighted by Gasteiger charge is 2.15. The van der Waals surface area contributed by atoms with E-state index in [0.717, 1.165) is 19.3 Å². The average molecular weight is 348 g/mol. The fourth-order valence-corrected chi connectivity index (χ4v) is 2.64. The van der Waals surface area contributed by atoms with Gasteiger partial charge in [-0.15, -0.1) is 0 Å². The van der Waals surface area contributed by atoms with Crippen molar-refractivity contribution in [1.82, 2.24) is 0 Å². The van der Waals surface area contributed by atoms with Crippen LogP contribution in [0.3, 0.4) is 0 Å². The molecule has 0 fully saturated rings. The summed E-state index contributed by atoms with van der Waals surface area (Å²) in [5, 5.41) is 0. The molecule has 0 aliphatic carbocycles. The van der Waals surface area contributed by atoms with Gasteiger partial charge in [0.1, 0.15) is 0 Å². The number of carbonyl (C=O) groups is 2. The summed E-state index contributed by atoms with van der Waals surface area (Å²) in [6.07, 6.45) is 10.3. The van der Waals surface area contributed by atoms with E-state index in [9.17, 15) is 9.59 Å². The quantitative estimate of drug-likeness (QED) is 0.262. The van der Waals surface area contributed by atoms with Gasteiger partial charge in [0, 0.05) is 13.3 Å². The zero-order chi connectivity index (χ0) is 18.3. The van der Waals surface area contributed by atoms with Gasteiger partial charge < -0.3 is 9.47 Å². The van der Waals surface area contributed by atoms with E-state index in [2.05, 4.69) is 6.92 Å². The van der Waals surface area contributed by atoms with Crippen LogP contribution in [0.1, 0.15) is 88.4 Å². The monoisotopic (exact) mass is 348 g/mol. The molecule has 0 aliphatic rings. The molecule has 25 heavy (non-hydrogen) atoms. The molecule has 1 aromatic rings. The Balaban J connectivity index is 2.05. The van der Waals surface area contributed by atoms with Crippen LogP contribution in [-0.4, -0.2) is 18.2 Å². The molecule has 140 valence electrons. The maximum atomic E-state index is 11.8. The molecular weight excluding hydrogens is 316 g/mol. The Morgan fingerprint density at radius 1 is 0.840 bits per heavy atom. The van der Waals surface area contributed by atoms with E-state index in [1.54, 1.807) is 31.2 Å². The lowest BCUT2D eigenvalue weighted by Gasteiger charge is -2.14. The van der Waals surface area contributed by atoms with Gasteiger partial charge >= 0.3 is 11.9 Å². The molecule has 0 N–H and O–H groups in total. The van der Waals surface area contributed by atoms with Crippen LogP contribution in [0.15, 0.2) is 30.3 Å². The van der Waals surface area contributed by atoms with E-state index in [1.165, 1.54) is 38.5 Å². The molecule has 1 rings (SSSR count). The minimum Gasteiger partial charge on any atom is -0.425 e. The van der Waals surface area contributed by atoms with E-state index < -0.39 is 12.3 Å². The smallest absolute Gasteiger partial charge is 0.341 e. The fourth-order valence-electron chi connectivity index (χ4n) is 2.64. The van der Waals surface area contributed by atoms with Gasteiger partial charge in [0.25, 0.3) is 0 Å². The van der Waals surface area contributed by atoms with Crippen molar-refractivity contribution in [3.63, 3.8) is 0 Å². The molecule has 0 amide bonds. The third-order valence-corrected chi connectivity index (χ3v) is 4.06. The minimum atomic E-state index is -0.862. The Bertz CT molecular complexity index is 484. The van der Waals surface area contributed by atoms with E-state index >= 15 is 0 Å². The van der Waals surface area contributed by atoms with Crippen LogP contribution in [0.4, 0.5) is 0 Å². The van der Waals surface area contributed by atoms with Gasteiger partial charge in [0.15, 0.2) is 0 Å². The Labute approximate surface area is 151 Å². The van der Waals surface area contributed by atoms with Crippen LogP contribution in [-0.2, 0) is 14.3 Å². The van der Waals surface area contributed by atoms with Crippen LogP contribution in [0, 0.1) is 0 Å². The highest BCUT2D eigenvalue weighted by Crippen LogP contribution is 2.11. The summed E-state index contributed by atoms with van der Waals surface area (Å²) in [6, 6.07) is 8.68. The molecule has 4 heteroatoms. The summed E-state index contributed by atoms with van der Waals surface area (Å²) in [6.45, 7) is 3.79. The number of ether oxygens (including phenoxy) is 2. The molecule has 1 atom stereocenters. The zero-order valence-corrected chi connectivity index (χ0v) is 15.7. The molecular formula is C21H32O4. The number of hydrogen-bond acceptors (Lipinski definition) is 4. The summed E-state index contributed by atoms with van der Waals surface area (Å²) >= 11 is 0. The van der Waals surface area contributed by atoms with Gasteiger partial charge in [-0.2, -0.15) is 0 Å². The van der Waals surface area contributed by atoms with Gasteiger partial charge in [0.2, 0.25) is 6.29 Å². The first kappa shape index (κ1) is 21.2. The lowest BCUT2D eigenvalue weighted by molar-refractivity contribution is -0.165. The molecule has 0 aliphatic heterocycles. The molecule has 0 saturated carbocycles. The van der Waals surface area contributed by atoms with E-state index in [-0.39, 0.29) is 5.97 Å². The lowest BCUT2D eigenvalue weighted by atomic mass is 10.1. The molecule has 4 nitrogen and oxygen atoms in total. The maximum Gasteiger partial charge on any atom is 0.341 e. The van der Waals surface area contributed by atoms with E-state index in [0.29, 0.717) is 12.0 Å². The predicted molar refractivity (Wildman–Crippen MR) is 99.3 cm³/mol. The summed E-state index contributed by atoms with van der Waals surface area (Å²) in [4.78, 5) is 23.6. The molecule has 0 spiro atoms. The van der Waals surface area contributed by atoms with Crippen molar-refractivity contribution in [2.45, 2.75) is 84.3 Å². The van der Waals surface area contributed by atoms with Crippen LogP contribution in [0.2, 0.25) is 0 Å². The summed E-state index contributed by atoms with van der Waals surface area (Å²) in [5.41, 5.74) is 0.448. The standard InChI is InChI=1S/C21H32O4/c1-3-4-5-6-7-8-9-10-14-17-20(22)24-18(2)25-21(23)19-15-12-11-13-16-19/h11-13,15-16,18H,3-10,14,17H2,1-2H3. The average Bonchev–Trinajstić information content (AvgIpc) is 2.61. The van der Waals surface area contributed by atoms with Crippen molar-refractivity contribution in [2.24, 2.45) is 0 Å². The van der Waals surface area contributed by atoms with Crippen molar-refractivity contribution in [3.05, 3.63) is 35.9 Å². The Morgan fingerprint density at radius 3 is 2.00 bits per heavy atom. The number of unbranched alkanes of at least 4 members (excludes halogenated alkanes) is 8. The van der Waals surface area contributed by atoms with Crippen molar-refractivity contribution in [2.75, 3.05) is 0 Å². The summed E-state index contributed by atoms with van der Waals surface area (Å²) in [5.74, 6) is -0.791. The van der Waals surface area contributed by atoms with Crippen LogP contribution < -0.4 is 0 Å². The topological polar surface area (TPSA) is 52.6 Å². The van der Waals surface area contributed by atoms with Crippen molar-refractivity contribution in [1.29, 1.82) is 0 Å². The Morgan fingerprint density at radius 2 is 1.40 bits per heavy atom. The fraction of sp³-hybridized carbons (Fsp3) is 0.619. The molecule has 1 aromatic carbocycles. The number of hydrogen-bond donors (Lipinski definition) is 0. The maximum absolute atomic E-state index is 11.8. The normalized spacial score (nSPS) is 11.8. The largest absolute Gasteiger partial charge is 0.425 e. The number of rotatable bonds is 13. The number of benzene rings is 1. The second-order valence-corrected chi connectivity index (χ2v) is 6.41.